The van der Waals surface area contributed by atoms with E-state index in [1.54, 1.807) is 25.2 Å². The number of para-hydroxylation sites is 1. The number of ether oxygens (including phenoxy) is 1. The van der Waals surface area contributed by atoms with E-state index in [1.165, 1.54) is 11.1 Å². The van der Waals surface area contributed by atoms with E-state index in [4.69, 9.17) is 4.74 Å². The summed E-state index contributed by atoms with van der Waals surface area (Å²) in [4.78, 5) is 0. The number of nitrogens with zero attached hydrogens (tertiary/aromatic N) is 3. The molecule has 0 aliphatic rings. The van der Waals surface area contributed by atoms with Crippen LogP contribution in [-0.4, -0.2) is 21.9 Å². The van der Waals surface area contributed by atoms with Gasteiger partial charge in [-0.3, -0.25) is 4.57 Å². The molecule has 1 heterocycles. The van der Waals surface area contributed by atoms with Gasteiger partial charge in [0.2, 0.25) is 0 Å². The molecule has 3 aromatic rings. The number of hydrogen-bond acceptors (Lipinski definition) is 4. The summed E-state index contributed by atoms with van der Waals surface area (Å²) in [5.74, 6) is 1.71. The molecule has 0 spiro atoms. The van der Waals surface area contributed by atoms with Crippen molar-refractivity contribution in [1.82, 2.24) is 14.8 Å². The second kappa shape index (κ2) is 6.66. The second-order valence-corrected chi connectivity index (χ2v) is 5.85. The van der Waals surface area contributed by atoms with Crippen LogP contribution >= 0.6 is 11.8 Å². The lowest BCUT2D eigenvalue weighted by Crippen LogP contribution is -1.97. The topological polar surface area (TPSA) is 39.9 Å². The van der Waals surface area contributed by atoms with Gasteiger partial charge in [-0.25, -0.2) is 0 Å². The third kappa shape index (κ3) is 3.14. The summed E-state index contributed by atoms with van der Waals surface area (Å²) in [5.41, 5.74) is 3.54. The van der Waals surface area contributed by atoms with Crippen LogP contribution in [0.2, 0.25) is 0 Å². The summed E-state index contributed by atoms with van der Waals surface area (Å²) < 4.78 is 7.21. The van der Waals surface area contributed by atoms with Crippen molar-refractivity contribution in [2.24, 2.45) is 0 Å². The van der Waals surface area contributed by atoms with Crippen molar-refractivity contribution in [3.05, 3.63) is 66.0 Å². The maximum absolute atomic E-state index is 5.18. The molecule has 0 fully saturated rings. The van der Waals surface area contributed by atoms with Crippen molar-refractivity contribution in [2.75, 3.05) is 7.11 Å². The van der Waals surface area contributed by atoms with E-state index in [1.807, 2.05) is 28.8 Å². The molecule has 0 saturated carbocycles. The normalized spacial score (nSPS) is 10.6. The minimum atomic E-state index is 0.842. The Morgan fingerprint density at radius 3 is 2.59 bits per heavy atom. The van der Waals surface area contributed by atoms with Crippen LogP contribution in [0.15, 0.2) is 60.0 Å². The van der Waals surface area contributed by atoms with Gasteiger partial charge in [-0.2, -0.15) is 0 Å². The molecule has 0 aliphatic carbocycles. The van der Waals surface area contributed by atoms with Gasteiger partial charge in [-0.15, -0.1) is 10.2 Å². The molecule has 1 aromatic heterocycles. The van der Waals surface area contributed by atoms with E-state index in [9.17, 15) is 0 Å². The van der Waals surface area contributed by atoms with Crippen molar-refractivity contribution >= 4 is 11.8 Å². The number of rotatable bonds is 5. The summed E-state index contributed by atoms with van der Waals surface area (Å²) in [6, 6.07) is 16.3. The van der Waals surface area contributed by atoms with Gasteiger partial charge in [-0.1, -0.05) is 42.1 Å². The fraction of sp³-hybridized carbons (Fsp3) is 0.176. The van der Waals surface area contributed by atoms with Gasteiger partial charge in [0.05, 0.1) is 12.8 Å². The highest BCUT2D eigenvalue weighted by molar-refractivity contribution is 7.98. The van der Waals surface area contributed by atoms with E-state index in [-0.39, 0.29) is 0 Å². The molecule has 0 bridgehead atoms. The average Bonchev–Trinajstić information content (AvgIpc) is 3.02. The third-order valence-electron chi connectivity index (χ3n) is 3.42. The molecular weight excluding hydrogens is 294 g/mol. The summed E-state index contributed by atoms with van der Waals surface area (Å²) in [6.45, 7) is 2.09. The average molecular weight is 311 g/mol. The van der Waals surface area contributed by atoms with Crippen molar-refractivity contribution in [3.8, 4) is 11.4 Å². The van der Waals surface area contributed by atoms with E-state index in [0.717, 1.165) is 22.3 Å². The largest absolute Gasteiger partial charge is 0.497 e. The number of aryl methyl sites for hydroxylation is 1. The van der Waals surface area contributed by atoms with Crippen LogP contribution in [-0.2, 0) is 5.75 Å². The number of aromatic nitrogens is 3. The quantitative estimate of drug-likeness (QED) is 0.671. The Bertz CT molecular complexity index is 753. The van der Waals surface area contributed by atoms with E-state index < -0.39 is 0 Å². The standard InChI is InChI=1S/C17H17N3OS/c1-13-5-3-4-6-16(13)20-12-18-19-17(20)22-11-14-7-9-15(21-2)10-8-14/h3-10,12H,11H2,1-2H3. The van der Waals surface area contributed by atoms with Gasteiger partial charge in [-0.05, 0) is 36.2 Å². The first-order valence-corrected chi connectivity index (χ1v) is 7.98. The van der Waals surface area contributed by atoms with Crippen molar-refractivity contribution in [3.63, 3.8) is 0 Å². The Labute approximate surface area is 134 Å². The minimum Gasteiger partial charge on any atom is -0.497 e. The van der Waals surface area contributed by atoms with E-state index >= 15 is 0 Å². The smallest absolute Gasteiger partial charge is 0.195 e. The predicted octanol–water partition coefficient (Wildman–Crippen LogP) is 3.88. The third-order valence-corrected chi connectivity index (χ3v) is 4.43. The highest BCUT2D eigenvalue weighted by Crippen LogP contribution is 2.25. The Kier molecular flexibility index (Phi) is 4.44. The van der Waals surface area contributed by atoms with Crippen molar-refractivity contribution in [1.29, 1.82) is 0 Å². The Morgan fingerprint density at radius 2 is 1.86 bits per heavy atom. The molecule has 0 aliphatic heterocycles. The van der Waals surface area contributed by atoms with Gasteiger partial charge >= 0.3 is 0 Å². The molecule has 0 N–H and O–H groups in total. The van der Waals surface area contributed by atoms with Crippen LogP contribution in [0.3, 0.4) is 0 Å². The van der Waals surface area contributed by atoms with E-state index in [2.05, 4.69) is 41.4 Å². The summed E-state index contributed by atoms with van der Waals surface area (Å²) >= 11 is 1.67. The Morgan fingerprint density at radius 1 is 1.09 bits per heavy atom. The lowest BCUT2D eigenvalue weighted by Gasteiger charge is -2.09. The first-order chi connectivity index (χ1) is 10.8. The van der Waals surface area contributed by atoms with Gasteiger partial charge in [0.1, 0.15) is 12.1 Å². The SMILES string of the molecule is COc1ccc(CSc2nncn2-c2ccccc2C)cc1. The molecule has 4 nitrogen and oxygen atoms in total. The molecule has 0 unspecified atom stereocenters. The fourth-order valence-electron chi connectivity index (χ4n) is 2.19. The maximum atomic E-state index is 5.18. The zero-order chi connectivity index (χ0) is 15.4. The minimum absolute atomic E-state index is 0.842. The Hall–Kier alpha value is -2.27. The van der Waals surface area contributed by atoms with Gasteiger partial charge < -0.3 is 4.74 Å². The zero-order valence-corrected chi connectivity index (χ0v) is 13.4. The summed E-state index contributed by atoms with van der Waals surface area (Å²) in [6.07, 6.45) is 1.76. The molecule has 112 valence electrons. The summed E-state index contributed by atoms with van der Waals surface area (Å²) in [7, 11) is 1.68. The van der Waals surface area contributed by atoms with Crippen LogP contribution in [0.4, 0.5) is 0 Å². The van der Waals surface area contributed by atoms with Crippen LogP contribution in [0.25, 0.3) is 5.69 Å². The maximum Gasteiger partial charge on any atom is 0.195 e. The lowest BCUT2D eigenvalue weighted by molar-refractivity contribution is 0.414. The van der Waals surface area contributed by atoms with Crippen molar-refractivity contribution in [2.45, 2.75) is 17.8 Å². The van der Waals surface area contributed by atoms with Crippen LogP contribution in [0.1, 0.15) is 11.1 Å². The number of thioether (sulfide) groups is 1. The van der Waals surface area contributed by atoms with Crippen LogP contribution in [0, 0.1) is 6.92 Å². The predicted molar refractivity (Wildman–Crippen MR) is 88.7 cm³/mol. The number of hydrogen-bond donors (Lipinski definition) is 0. The molecule has 0 radical (unpaired) electrons. The molecule has 0 atom stereocenters. The first-order valence-electron chi connectivity index (χ1n) is 6.99. The monoisotopic (exact) mass is 311 g/mol. The second-order valence-electron chi connectivity index (χ2n) is 4.91. The van der Waals surface area contributed by atoms with Crippen molar-refractivity contribution < 1.29 is 4.74 Å². The molecule has 3 rings (SSSR count). The first kappa shape index (κ1) is 14.7. The number of benzene rings is 2. The number of methoxy groups -OCH3 is 1. The van der Waals surface area contributed by atoms with Gasteiger partial charge in [0.15, 0.2) is 5.16 Å². The zero-order valence-electron chi connectivity index (χ0n) is 12.6. The van der Waals surface area contributed by atoms with E-state index in [0.29, 0.717) is 0 Å². The lowest BCUT2D eigenvalue weighted by atomic mass is 10.2. The summed E-state index contributed by atoms with van der Waals surface area (Å²) in [5, 5.41) is 9.18. The van der Waals surface area contributed by atoms with Crippen LogP contribution in [0.5, 0.6) is 5.75 Å². The highest BCUT2D eigenvalue weighted by atomic mass is 32.2. The Balaban J connectivity index is 1.76. The molecular formula is C17H17N3OS. The molecule has 5 heteroatoms. The van der Waals surface area contributed by atoms with Gasteiger partial charge in [0.25, 0.3) is 0 Å². The molecule has 0 saturated heterocycles. The molecule has 22 heavy (non-hydrogen) atoms. The van der Waals surface area contributed by atoms with Gasteiger partial charge in [0, 0.05) is 5.75 Å². The highest BCUT2D eigenvalue weighted by Gasteiger charge is 2.09. The molecule has 0 amide bonds. The molecule has 2 aromatic carbocycles. The fourth-order valence-corrected chi connectivity index (χ4v) is 3.07. The van der Waals surface area contributed by atoms with Crippen LogP contribution < -0.4 is 4.74 Å².